The van der Waals surface area contributed by atoms with Gasteiger partial charge in [-0.05, 0) is 121 Å². The lowest BCUT2D eigenvalue weighted by atomic mass is 9.66. The summed E-state index contributed by atoms with van der Waals surface area (Å²) in [7, 11) is 0. The zero-order chi connectivity index (χ0) is 36.7. The Kier molecular flexibility index (Phi) is 6.62. The van der Waals surface area contributed by atoms with E-state index in [1.807, 2.05) is 24.4 Å². The molecule has 52 heavy (non-hydrogen) atoms. The molecule has 2 aromatic heterocycles. The van der Waals surface area contributed by atoms with Crippen LogP contribution in [0, 0.1) is 33.1 Å². The van der Waals surface area contributed by atoms with E-state index in [0.29, 0.717) is 11.6 Å². The molecule has 0 spiro atoms. The van der Waals surface area contributed by atoms with Crippen LogP contribution in [-0.2, 0) is 22.1 Å². The Morgan fingerprint density at radius 2 is 1.58 bits per heavy atom. The van der Waals surface area contributed by atoms with Crippen LogP contribution in [-0.4, -0.2) is 21.0 Å². The number of aryl methyl sites for hydroxylation is 4. The van der Waals surface area contributed by atoms with Crippen molar-refractivity contribution in [3.05, 3.63) is 117 Å². The van der Waals surface area contributed by atoms with Crippen LogP contribution < -0.4 is 9.47 Å². The largest absolute Gasteiger partial charge is 0.467 e. The Labute approximate surface area is 306 Å². The van der Waals surface area contributed by atoms with Crippen molar-refractivity contribution >= 4 is 27.8 Å². The number of rotatable bonds is 3. The topological polar surface area (TPSA) is 57.9 Å². The van der Waals surface area contributed by atoms with Crippen LogP contribution in [0.3, 0.4) is 0 Å². The molecule has 0 radical (unpaired) electrons. The molecule has 0 N–H and O–H groups in total. The maximum Gasteiger partial charge on any atom is 0.217 e. The predicted molar refractivity (Wildman–Crippen MR) is 210 cm³/mol. The third kappa shape index (κ3) is 4.49. The molecule has 0 saturated heterocycles. The van der Waals surface area contributed by atoms with Gasteiger partial charge in [-0.1, -0.05) is 59.7 Å². The number of pyridine rings is 1. The van der Waals surface area contributed by atoms with Crippen LogP contribution in [0.2, 0.25) is 0 Å². The van der Waals surface area contributed by atoms with Crippen molar-refractivity contribution < 1.29 is 14.2 Å². The van der Waals surface area contributed by atoms with E-state index in [1.165, 1.54) is 27.8 Å². The molecule has 2 aliphatic heterocycles. The fourth-order valence-electron chi connectivity index (χ4n) is 8.87. The molecule has 264 valence electrons. The van der Waals surface area contributed by atoms with E-state index < -0.39 is 11.1 Å². The van der Waals surface area contributed by atoms with E-state index >= 15 is 0 Å². The van der Waals surface area contributed by atoms with Crippen molar-refractivity contribution in [2.24, 2.45) is 10.4 Å². The molecule has 9 rings (SSSR count). The van der Waals surface area contributed by atoms with Crippen molar-refractivity contribution in [1.29, 1.82) is 0 Å². The SMILES string of the molecule is Cc1cnc2c(c1)c1cc(C(C)(C)C)cc3c1n2-c1cc(Oc2cccc(C4=N[C@]5(C)c6cc(C)c(C)cc6C[C@]5(C(C)(C)C)O4)c2)c(C)cc1O3. The molecule has 0 fully saturated rings. The van der Waals surface area contributed by atoms with Crippen molar-refractivity contribution in [2.45, 2.75) is 99.1 Å². The summed E-state index contributed by atoms with van der Waals surface area (Å²) in [5, 5.41) is 2.26. The first kappa shape index (κ1) is 32.8. The lowest BCUT2D eigenvalue weighted by Crippen LogP contribution is -2.54. The van der Waals surface area contributed by atoms with E-state index in [-0.39, 0.29) is 10.8 Å². The minimum Gasteiger partial charge on any atom is -0.467 e. The lowest BCUT2D eigenvalue weighted by Gasteiger charge is -2.45. The van der Waals surface area contributed by atoms with Gasteiger partial charge < -0.3 is 14.2 Å². The highest BCUT2D eigenvalue weighted by molar-refractivity contribution is 6.11. The van der Waals surface area contributed by atoms with E-state index in [4.69, 9.17) is 24.2 Å². The third-order valence-corrected chi connectivity index (χ3v) is 12.0. The molecule has 4 heterocycles. The Balaban J connectivity index is 1.12. The molecule has 0 saturated carbocycles. The Morgan fingerprint density at radius 3 is 2.33 bits per heavy atom. The molecule has 6 heteroatoms. The van der Waals surface area contributed by atoms with Crippen LogP contribution in [0.4, 0.5) is 0 Å². The van der Waals surface area contributed by atoms with E-state index in [1.54, 1.807) is 0 Å². The minimum atomic E-state index is -0.512. The highest BCUT2D eigenvalue weighted by Gasteiger charge is 2.66. The molecule has 0 bridgehead atoms. The van der Waals surface area contributed by atoms with Gasteiger partial charge in [-0.2, -0.15) is 0 Å². The first-order chi connectivity index (χ1) is 24.5. The minimum absolute atomic E-state index is 0.0380. The van der Waals surface area contributed by atoms with Gasteiger partial charge in [-0.25, -0.2) is 9.98 Å². The molecule has 0 amide bonds. The van der Waals surface area contributed by atoms with Crippen LogP contribution in [0.25, 0.3) is 27.6 Å². The lowest BCUT2D eigenvalue weighted by molar-refractivity contribution is -0.0673. The van der Waals surface area contributed by atoms with Gasteiger partial charge in [0.15, 0.2) is 11.5 Å². The number of hydrogen-bond acceptors (Lipinski definition) is 5. The average Bonchev–Trinajstić information content (AvgIpc) is 3.64. The molecular weight excluding hydrogens is 643 g/mol. The maximum absolute atomic E-state index is 7.09. The van der Waals surface area contributed by atoms with Crippen molar-refractivity contribution in [1.82, 2.24) is 9.55 Å². The molecule has 6 aromatic rings. The Hall–Kier alpha value is -5.10. The number of ether oxygens (including phenoxy) is 3. The van der Waals surface area contributed by atoms with Crippen molar-refractivity contribution in [3.63, 3.8) is 0 Å². The summed E-state index contributed by atoms with van der Waals surface area (Å²) in [6.07, 6.45) is 2.76. The molecule has 6 nitrogen and oxygen atoms in total. The average molecular weight is 690 g/mol. The summed E-state index contributed by atoms with van der Waals surface area (Å²) in [5.41, 5.74) is 11.0. The number of benzene rings is 4. The van der Waals surface area contributed by atoms with Crippen molar-refractivity contribution in [2.75, 3.05) is 0 Å². The molecule has 2 atom stereocenters. The zero-order valence-corrected chi connectivity index (χ0v) is 32.2. The van der Waals surface area contributed by atoms with Gasteiger partial charge in [0, 0.05) is 40.4 Å². The first-order valence-electron chi connectivity index (χ1n) is 18.4. The number of fused-ring (bicyclic) bond motifs is 8. The molecule has 1 aliphatic carbocycles. The molecule has 4 aromatic carbocycles. The highest BCUT2D eigenvalue weighted by atomic mass is 16.5. The molecule has 0 unspecified atom stereocenters. The summed E-state index contributed by atoms with van der Waals surface area (Å²) in [6.45, 7) is 24.3. The molecule has 3 aliphatic rings. The predicted octanol–water partition coefficient (Wildman–Crippen LogP) is 11.6. The van der Waals surface area contributed by atoms with Crippen LogP contribution in [0.15, 0.2) is 77.9 Å². The Morgan fingerprint density at radius 1 is 0.808 bits per heavy atom. The van der Waals surface area contributed by atoms with Gasteiger partial charge in [0.1, 0.15) is 28.3 Å². The van der Waals surface area contributed by atoms with Gasteiger partial charge in [0.05, 0.1) is 11.2 Å². The van der Waals surface area contributed by atoms with E-state index in [0.717, 1.165) is 68.0 Å². The number of aliphatic imine (C=N–C) groups is 1. The fourth-order valence-corrected chi connectivity index (χ4v) is 8.87. The van der Waals surface area contributed by atoms with E-state index in [9.17, 15) is 0 Å². The summed E-state index contributed by atoms with van der Waals surface area (Å²) in [4.78, 5) is 10.4. The normalized spacial score (nSPS) is 20.3. The number of hydrogen-bond donors (Lipinski definition) is 0. The standard InChI is InChI=1S/C46H47N3O3/c1-25-15-34-33-20-31(43(5,6)7)21-39-40(33)49(41(34)47-24-25)36-22-37(28(4)18-38(36)51-39)50-32-14-12-13-29(19-32)42-48-45(11)35-17-27(3)26(2)16-30(35)23-46(45,52-42)44(8,9)10/h12-22,24H,23H2,1-11H3/t45-,46-/m1/s1. The third-order valence-electron chi connectivity index (χ3n) is 12.0. The number of nitrogens with zero attached hydrogens (tertiary/aromatic N) is 3. The second-order valence-electron chi connectivity index (χ2n) is 17.6. The van der Waals surface area contributed by atoms with E-state index in [2.05, 4.69) is 129 Å². The monoisotopic (exact) mass is 689 g/mol. The van der Waals surface area contributed by atoms with Gasteiger partial charge >= 0.3 is 0 Å². The summed E-state index contributed by atoms with van der Waals surface area (Å²) in [6, 6.07) is 23.7. The molecular formula is C46H47N3O3. The smallest absolute Gasteiger partial charge is 0.217 e. The maximum atomic E-state index is 7.09. The van der Waals surface area contributed by atoms with Crippen molar-refractivity contribution in [3.8, 4) is 28.7 Å². The van der Waals surface area contributed by atoms with Gasteiger partial charge in [-0.15, -0.1) is 0 Å². The van der Waals surface area contributed by atoms with Crippen LogP contribution >= 0.6 is 0 Å². The summed E-state index contributed by atoms with van der Waals surface area (Å²) >= 11 is 0. The summed E-state index contributed by atoms with van der Waals surface area (Å²) < 4.78 is 22.8. The quantitative estimate of drug-likeness (QED) is 0.185. The fraction of sp³-hybridized carbons (Fsp3) is 0.348. The first-order valence-corrected chi connectivity index (χ1v) is 18.4. The second kappa shape index (κ2) is 10.5. The van der Waals surface area contributed by atoms with Gasteiger partial charge in [0.25, 0.3) is 0 Å². The second-order valence-corrected chi connectivity index (χ2v) is 17.6. The number of aromatic nitrogens is 2. The van der Waals surface area contributed by atoms with Gasteiger partial charge in [-0.3, -0.25) is 4.57 Å². The highest BCUT2D eigenvalue weighted by Crippen LogP contribution is 2.60. The van der Waals surface area contributed by atoms with Gasteiger partial charge in [0.2, 0.25) is 5.90 Å². The van der Waals surface area contributed by atoms with Crippen LogP contribution in [0.1, 0.15) is 93.0 Å². The zero-order valence-electron chi connectivity index (χ0n) is 32.2. The Bertz CT molecular complexity index is 2560. The summed E-state index contributed by atoms with van der Waals surface area (Å²) in [5.74, 6) is 3.76. The van der Waals surface area contributed by atoms with Crippen LogP contribution in [0.5, 0.6) is 23.0 Å².